The van der Waals surface area contributed by atoms with Gasteiger partial charge in [0.1, 0.15) is 11.5 Å². The normalized spacial score (nSPS) is 10.4. The highest BCUT2D eigenvalue weighted by molar-refractivity contribution is 7.14. The fraction of sp³-hybridized carbons (Fsp3) is 0.200. The van der Waals surface area contributed by atoms with E-state index in [0.29, 0.717) is 17.5 Å². The first kappa shape index (κ1) is 17.9. The van der Waals surface area contributed by atoms with Crippen molar-refractivity contribution in [1.29, 1.82) is 0 Å². The fourth-order valence-corrected chi connectivity index (χ4v) is 3.10. The maximum absolute atomic E-state index is 12.0. The Morgan fingerprint density at radius 2 is 1.92 bits per heavy atom. The molecule has 1 heterocycles. The van der Waals surface area contributed by atoms with Crippen molar-refractivity contribution in [1.82, 2.24) is 4.98 Å². The van der Waals surface area contributed by atoms with Crippen LogP contribution < -0.4 is 14.8 Å². The molecule has 3 aromatic rings. The van der Waals surface area contributed by atoms with E-state index in [1.807, 2.05) is 67.8 Å². The van der Waals surface area contributed by atoms with E-state index < -0.39 is 0 Å². The summed E-state index contributed by atoms with van der Waals surface area (Å²) in [5, 5.41) is 5.22. The molecule has 0 saturated carbocycles. The second kappa shape index (κ2) is 8.49. The smallest absolute Gasteiger partial charge is 0.264 e. The van der Waals surface area contributed by atoms with Gasteiger partial charge in [-0.05, 0) is 55.8 Å². The molecular formula is C20H20N2O3S. The first-order valence-electron chi connectivity index (χ1n) is 8.32. The van der Waals surface area contributed by atoms with Crippen LogP contribution in [0.15, 0.2) is 53.9 Å². The molecule has 3 rings (SSSR count). The summed E-state index contributed by atoms with van der Waals surface area (Å²) in [7, 11) is 0. The van der Waals surface area contributed by atoms with Gasteiger partial charge in [-0.2, -0.15) is 0 Å². The number of aryl methyl sites for hydroxylation is 1. The molecule has 0 saturated heterocycles. The lowest BCUT2D eigenvalue weighted by molar-refractivity contribution is -0.118. The van der Waals surface area contributed by atoms with Crippen LogP contribution in [0.3, 0.4) is 0 Å². The van der Waals surface area contributed by atoms with Gasteiger partial charge in [-0.1, -0.05) is 12.1 Å². The van der Waals surface area contributed by atoms with Crippen LogP contribution in [0.4, 0.5) is 5.13 Å². The van der Waals surface area contributed by atoms with Gasteiger partial charge in [0.2, 0.25) is 0 Å². The molecule has 2 aromatic carbocycles. The Hall–Kier alpha value is -2.86. The number of amides is 1. The number of rotatable bonds is 7. The molecular weight excluding hydrogens is 348 g/mol. The molecule has 0 spiro atoms. The van der Waals surface area contributed by atoms with Crippen LogP contribution in [-0.4, -0.2) is 24.1 Å². The van der Waals surface area contributed by atoms with Crippen molar-refractivity contribution in [3.05, 3.63) is 59.5 Å². The van der Waals surface area contributed by atoms with E-state index in [0.717, 1.165) is 22.6 Å². The average molecular weight is 368 g/mol. The largest absolute Gasteiger partial charge is 0.494 e. The number of carbonyl (C=O) groups excluding carboxylic acids is 1. The van der Waals surface area contributed by atoms with Gasteiger partial charge in [0, 0.05) is 10.9 Å². The summed E-state index contributed by atoms with van der Waals surface area (Å²) in [5.74, 6) is 1.27. The molecule has 0 aliphatic rings. The number of benzene rings is 2. The zero-order valence-electron chi connectivity index (χ0n) is 14.7. The third-order valence-electron chi connectivity index (χ3n) is 3.57. The van der Waals surface area contributed by atoms with Gasteiger partial charge in [-0.25, -0.2) is 4.98 Å². The van der Waals surface area contributed by atoms with Crippen molar-refractivity contribution in [3.63, 3.8) is 0 Å². The fourth-order valence-electron chi connectivity index (χ4n) is 2.36. The molecule has 1 N–H and O–H groups in total. The lowest BCUT2D eigenvalue weighted by Gasteiger charge is -2.06. The molecule has 5 nitrogen and oxygen atoms in total. The topological polar surface area (TPSA) is 60.5 Å². The van der Waals surface area contributed by atoms with Crippen molar-refractivity contribution in [3.8, 4) is 22.8 Å². The van der Waals surface area contributed by atoms with Crippen molar-refractivity contribution in [2.45, 2.75) is 13.8 Å². The second-order valence-corrected chi connectivity index (χ2v) is 6.51. The Balaban J connectivity index is 1.56. The van der Waals surface area contributed by atoms with Crippen molar-refractivity contribution in [2.75, 3.05) is 18.5 Å². The summed E-state index contributed by atoms with van der Waals surface area (Å²) in [6.07, 6.45) is 0. The highest BCUT2D eigenvalue weighted by Crippen LogP contribution is 2.26. The average Bonchev–Trinajstić information content (AvgIpc) is 3.09. The summed E-state index contributed by atoms with van der Waals surface area (Å²) in [5.41, 5.74) is 2.87. The number of nitrogens with one attached hydrogen (secondary N) is 1. The molecule has 0 fully saturated rings. The standard InChI is InChI=1S/C20H20N2O3S/c1-3-24-16-9-7-15(8-10-16)18-13-26-20(21-18)22-19(23)12-25-17-6-4-5-14(2)11-17/h4-11,13H,3,12H2,1-2H3,(H,21,22,23). The third kappa shape index (κ3) is 4.83. The van der Waals surface area contributed by atoms with Crippen molar-refractivity contribution < 1.29 is 14.3 Å². The highest BCUT2D eigenvalue weighted by Gasteiger charge is 2.09. The zero-order valence-corrected chi connectivity index (χ0v) is 15.5. The van der Waals surface area contributed by atoms with Gasteiger partial charge in [0.25, 0.3) is 5.91 Å². The molecule has 26 heavy (non-hydrogen) atoms. The van der Waals surface area contributed by atoms with Gasteiger partial charge >= 0.3 is 0 Å². The van der Waals surface area contributed by atoms with Gasteiger partial charge in [0.15, 0.2) is 11.7 Å². The van der Waals surface area contributed by atoms with Crippen LogP contribution in [0, 0.1) is 6.92 Å². The number of anilines is 1. The Morgan fingerprint density at radius 1 is 1.12 bits per heavy atom. The number of hydrogen-bond donors (Lipinski definition) is 1. The third-order valence-corrected chi connectivity index (χ3v) is 4.33. The SMILES string of the molecule is CCOc1ccc(-c2csc(NC(=O)COc3cccc(C)c3)n2)cc1. The molecule has 1 aromatic heterocycles. The second-order valence-electron chi connectivity index (χ2n) is 5.65. The number of thiazole rings is 1. The van der Waals surface area contributed by atoms with Crippen LogP contribution in [-0.2, 0) is 4.79 Å². The predicted molar refractivity (Wildman–Crippen MR) is 104 cm³/mol. The number of hydrogen-bond acceptors (Lipinski definition) is 5. The first-order chi connectivity index (χ1) is 12.6. The molecule has 0 unspecified atom stereocenters. The van der Waals surface area contributed by atoms with E-state index in [1.54, 1.807) is 0 Å². The van der Waals surface area contributed by atoms with Gasteiger partial charge < -0.3 is 9.47 Å². The van der Waals surface area contributed by atoms with E-state index in [-0.39, 0.29) is 12.5 Å². The molecule has 134 valence electrons. The summed E-state index contributed by atoms with van der Waals surface area (Å²) in [4.78, 5) is 16.5. The minimum absolute atomic E-state index is 0.0541. The van der Waals surface area contributed by atoms with Crippen LogP contribution in [0.5, 0.6) is 11.5 Å². The summed E-state index contributed by atoms with van der Waals surface area (Å²) >= 11 is 1.38. The van der Waals surface area contributed by atoms with Gasteiger partial charge in [-0.3, -0.25) is 10.1 Å². The van der Waals surface area contributed by atoms with Crippen LogP contribution in [0.1, 0.15) is 12.5 Å². The quantitative estimate of drug-likeness (QED) is 0.665. The number of nitrogens with zero attached hydrogens (tertiary/aromatic N) is 1. The number of carbonyl (C=O) groups is 1. The minimum Gasteiger partial charge on any atom is -0.494 e. The van der Waals surface area contributed by atoms with E-state index in [1.165, 1.54) is 11.3 Å². The number of aromatic nitrogens is 1. The van der Waals surface area contributed by atoms with Gasteiger partial charge in [-0.15, -0.1) is 11.3 Å². The molecule has 0 aliphatic heterocycles. The Labute approximate surface area is 156 Å². The maximum atomic E-state index is 12.0. The van der Waals surface area contributed by atoms with Gasteiger partial charge in [0.05, 0.1) is 12.3 Å². The van der Waals surface area contributed by atoms with Crippen molar-refractivity contribution >= 4 is 22.4 Å². The zero-order chi connectivity index (χ0) is 18.4. The van der Waals surface area contributed by atoms with E-state index in [2.05, 4.69) is 10.3 Å². The molecule has 6 heteroatoms. The lowest BCUT2D eigenvalue weighted by Crippen LogP contribution is -2.20. The maximum Gasteiger partial charge on any atom is 0.264 e. The molecule has 0 atom stereocenters. The summed E-state index contributed by atoms with van der Waals surface area (Å²) in [6.45, 7) is 4.51. The Morgan fingerprint density at radius 3 is 2.65 bits per heavy atom. The monoisotopic (exact) mass is 368 g/mol. The molecule has 0 aliphatic carbocycles. The van der Waals surface area contributed by atoms with Crippen LogP contribution in [0.2, 0.25) is 0 Å². The van der Waals surface area contributed by atoms with E-state index >= 15 is 0 Å². The minimum atomic E-state index is -0.237. The number of ether oxygens (including phenoxy) is 2. The highest BCUT2D eigenvalue weighted by atomic mass is 32.1. The lowest BCUT2D eigenvalue weighted by atomic mass is 10.2. The summed E-state index contributed by atoms with van der Waals surface area (Å²) < 4.78 is 10.9. The van der Waals surface area contributed by atoms with Crippen molar-refractivity contribution in [2.24, 2.45) is 0 Å². The first-order valence-corrected chi connectivity index (χ1v) is 9.20. The Bertz CT molecular complexity index is 875. The van der Waals surface area contributed by atoms with Crippen LogP contribution >= 0.6 is 11.3 Å². The molecule has 1 amide bonds. The molecule has 0 radical (unpaired) electrons. The Kier molecular flexibility index (Phi) is 5.86. The molecule has 0 bridgehead atoms. The van der Waals surface area contributed by atoms with E-state index in [9.17, 15) is 4.79 Å². The predicted octanol–water partition coefficient (Wildman–Crippen LogP) is 4.53. The van der Waals surface area contributed by atoms with E-state index in [4.69, 9.17) is 9.47 Å². The summed E-state index contributed by atoms with van der Waals surface area (Å²) in [6, 6.07) is 15.3. The van der Waals surface area contributed by atoms with Crippen LogP contribution in [0.25, 0.3) is 11.3 Å².